The molecule has 2 amide bonds. The number of rotatable bonds is 6. The summed E-state index contributed by atoms with van der Waals surface area (Å²) >= 11 is 0. The van der Waals surface area contributed by atoms with Crippen molar-refractivity contribution in [3.63, 3.8) is 0 Å². The number of hydrogen-bond donors (Lipinski definition) is 3. The molecule has 2 rings (SSSR count). The zero-order chi connectivity index (χ0) is 19.1. The third-order valence-corrected chi connectivity index (χ3v) is 3.65. The molecule has 2 aromatic carbocycles. The van der Waals surface area contributed by atoms with E-state index >= 15 is 0 Å². The lowest BCUT2D eigenvalue weighted by atomic mass is 10.1. The van der Waals surface area contributed by atoms with Gasteiger partial charge in [-0.05, 0) is 43.2 Å². The van der Waals surface area contributed by atoms with E-state index in [0.717, 1.165) is 5.56 Å². The molecule has 7 heteroatoms. The van der Waals surface area contributed by atoms with E-state index in [1.165, 1.54) is 18.2 Å². The largest absolute Gasteiger partial charge is 0.507 e. The Labute approximate surface area is 150 Å². The van der Waals surface area contributed by atoms with Crippen LogP contribution in [0.3, 0.4) is 0 Å². The van der Waals surface area contributed by atoms with Crippen molar-refractivity contribution >= 4 is 17.5 Å². The number of halogens is 1. The lowest BCUT2D eigenvalue weighted by Crippen LogP contribution is -2.26. The average molecular weight is 357 g/mol. The van der Waals surface area contributed by atoms with Crippen LogP contribution in [0.4, 0.5) is 4.39 Å². The molecular weight excluding hydrogens is 337 g/mol. The maximum absolute atomic E-state index is 12.8. The van der Waals surface area contributed by atoms with Crippen LogP contribution in [-0.4, -0.2) is 22.6 Å². The third kappa shape index (κ3) is 5.41. The van der Waals surface area contributed by atoms with Crippen molar-refractivity contribution in [2.75, 3.05) is 0 Å². The summed E-state index contributed by atoms with van der Waals surface area (Å²) in [6, 6.07) is 10.7. The van der Waals surface area contributed by atoms with Crippen LogP contribution in [0.1, 0.15) is 34.8 Å². The number of phenols is 1. The number of hydrazone groups is 1. The minimum Gasteiger partial charge on any atom is -0.507 e. The van der Waals surface area contributed by atoms with Gasteiger partial charge in [0.25, 0.3) is 5.91 Å². The second kappa shape index (κ2) is 8.75. The summed E-state index contributed by atoms with van der Waals surface area (Å²) < 4.78 is 12.8. The molecule has 0 aliphatic heterocycles. The van der Waals surface area contributed by atoms with Crippen LogP contribution in [-0.2, 0) is 11.3 Å². The van der Waals surface area contributed by atoms with Gasteiger partial charge >= 0.3 is 0 Å². The van der Waals surface area contributed by atoms with Gasteiger partial charge in [0.1, 0.15) is 11.6 Å². The molecule has 0 aliphatic carbocycles. The summed E-state index contributed by atoms with van der Waals surface area (Å²) in [6.07, 6.45) is 0.00126. The second-order valence-electron chi connectivity index (χ2n) is 5.84. The predicted molar refractivity (Wildman–Crippen MR) is 96.3 cm³/mol. The maximum atomic E-state index is 12.8. The van der Waals surface area contributed by atoms with Crippen LogP contribution < -0.4 is 10.7 Å². The maximum Gasteiger partial charge on any atom is 0.275 e. The van der Waals surface area contributed by atoms with Crippen LogP contribution >= 0.6 is 0 Å². The summed E-state index contributed by atoms with van der Waals surface area (Å²) in [5, 5.41) is 16.4. The number of benzene rings is 2. The molecule has 0 fully saturated rings. The van der Waals surface area contributed by atoms with Gasteiger partial charge < -0.3 is 10.4 Å². The molecule has 0 aromatic heterocycles. The Balaban J connectivity index is 1.85. The highest BCUT2D eigenvalue weighted by molar-refractivity contribution is 6.01. The molecule has 0 spiro atoms. The van der Waals surface area contributed by atoms with E-state index in [1.807, 2.05) is 0 Å². The first-order valence-electron chi connectivity index (χ1n) is 8.00. The number of carbonyl (C=O) groups is 2. The van der Waals surface area contributed by atoms with Crippen LogP contribution in [0.5, 0.6) is 5.75 Å². The SMILES string of the molecule is C/C(CC(=O)NCc1ccc(F)cc1)=N\NC(=O)c1cccc(C)c1O. The Kier molecular flexibility index (Phi) is 6.43. The van der Waals surface area contributed by atoms with E-state index in [4.69, 9.17) is 0 Å². The number of phenolic OH excluding ortho intramolecular Hbond substituents is 1. The fourth-order valence-electron chi connectivity index (χ4n) is 2.19. The van der Waals surface area contributed by atoms with Gasteiger partial charge in [0.05, 0.1) is 12.0 Å². The van der Waals surface area contributed by atoms with Crippen molar-refractivity contribution in [1.29, 1.82) is 0 Å². The minimum atomic E-state index is -0.558. The minimum absolute atomic E-state index is 0.00126. The highest BCUT2D eigenvalue weighted by Gasteiger charge is 2.12. The van der Waals surface area contributed by atoms with E-state index in [9.17, 15) is 19.1 Å². The van der Waals surface area contributed by atoms with Crippen molar-refractivity contribution in [2.45, 2.75) is 26.8 Å². The van der Waals surface area contributed by atoms with Crippen LogP contribution in [0.2, 0.25) is 0 Å². The standard InChI is InChI=1S/C19H20FN3O3/c1-12-4-3-5-16(18(12)25)19(26)23-22-13(2)10-17(24)21-11-14-6-8-15(20)9-7-14/h3-9,25H,10-11H2,1-2H3,(H,21,24)(H,23,26)/b22-13+. The number of aromatic hydroxyl groups is 1. The van der Waals surface area contributed by atoms with E-state index in [-0.39, 0.29) is 36.0 Å². The molecule has 2 aromatic rings. The molecule has 0 aliphatic rings. The van der Waals surface area contributed by atoms with Gasteiger partial charge in [0.15, 0.2) is 0 Å². The first kappa shape index (κ1) is 19.1. The molecule has 6 nitrogen and oxygen atoms in total. The Morgan fingerprint density at radius 1 is 1.15 bits per heavy atom. The van der Waals surface area contributed by atoms with Crippen molar-refractivity contribution in [3.8, 4) is 5.75 Å². The predicted octanol–water partition coefficient (Wildman–Crippen LogP) is 2.65. The van der Waals surface area contributed by atoms with Gasteiger partial charge in [-0.25, -0.2) is 9.82 Å². The molecular formula is C19H20FN3O3. The fraction of sp³-hybridized carbons (Fsp3) is 0.211. The monoisotopic (exact) mass is 357 g/mol. The van der Waals surface area contributed by atoms with Gasteiger partial charge in [-0.2, -0.15) is 5.10 Å². The van der Waals surface area contributed by atoms with Gasteiger partial charge in [-0.1, -0.05) is 24.3 Å². The number of aryl methyl sites for hydroxylation is 1. The number of amides is 2. The topological polar surface area (TPSA) is 90.8 Å². The Morgan fingerprint density at radius 2 is 1.85 bits per heavy atom. The first-order chi connectivity index (χ1) is 12.4. The summed E-state index contributed by atoms with van der Waals surface area (Å²) in [5.74, 6) is -1.27. The van der Waals surface area contributed by atoms with E-state index in [2.05, 4.69) is 15.8 Å². The molecule has 0 atom stereocenters. The van der Waals surface area contributed by atoms with Gasteiger partial charge in [-0.3, -0.25) is 9.59 Å². The highest BCUT2D eigenvalue weighted by atomic mass is 19.1. The summed E-state index contributed by atoms with van der Waals surface area (Å²) in [6.45, 7) is 3.57. The van der Waals surface area contributed by atoms with Gasteiger partial charge in [0, 0.05) is 12.3 Å². The van der Waals surface area contributed by atoms with E-state index < -0.39 is 5.91 Å². The molecule has 3 N–H and O–H groups in total. The molecule has 0 saturated carbocycles. The van der Waals surface area contributed by atoms with E-state index in [0.29, 0.717) is 11.3 Å². The molecule has 0 heterocycles. The fourth-order valence-corrected chi connectivity index (χ4v) is 2.19. The van der Waals surface area contributed by atoms with Crippen LogP contribution in [0.25, 0.3) is 0 Å². The number of hydrogen-bond acceptors (Lipinski definition) is 4. The first-order valence-corrected chi connectivity index (χ1v) is 8.00. The Hall–Kier alpha value is -3.22. The number of nitrogens with one attached hydrogen (secondary N) is 2. The zero-order valence-electron chi connectivity index (χ0n) is 14.5. The van der Waals surface area contributed by atoms with Crippen molar-refractivity contribution < 1.29 is 19.1 Å². The lowest BCUT2D eigenvalue weighted by Gasteiger charge is -2.07. The molecule has 26 heavy (non-hydrogen) atoms. The molecule has 0 unspecified atom stereocenters. The lowest BCUT2D eigenvalue weighted by molar-refractivity contribution is -0.120. The third-order valence-electron chi connectivity index (χ3n) is 3.65. The van der Waals surface area contributed by atoms with Crippen molar-refractivity contribution in [3.05, 3.63) is 65.0 Å². The average Bonchev–Trinajstić information content (AvgIpc) is 2.61. The Bertz CT molecular complexity index is 832. The summed E-state index contributed by atoms with van der Waals surface area (Å²) in [5.41, 5.74) is 4.19. The molecule has 136 valence electrons. The van der Waals surface area contributed by atoms with Gasteiger partial charge in [0.2, 0.25) is 5.91 Å². The number of para-hydroxylation sites is 1. The van der Waals surface area contributed by atoms with Crippen molar-refractivity contribution in [1.82, 2.24) is 10.7 Å². The van der Waals surface area contributed by atoms with Crippen LogP contribution in [0.15, 0.2) is 47.6 Å². The molecule has 0 bridgehead atoms. The second-order valence-corrected chi connectivity index (χ2v) is 5.84. The summed E-state index contributed by atoms with van der Waals surface area (Å²) in [7, 11) is 0. The van der Waals surface area contributed by atoms with Gasteiger partial charge in [-0.15, -0.1) is 0 Å². The molecule has 0 radical (unpaired) electrons. The quantitative estimate of drug-likeness (QED) is 0.548. The smallest absolute Gasteiger partial charge is 0.275 e. The van der Waals surface area contributed by atoms with E-state index in [1.54, 1.807) is 38.1 Å². The number of nitrogens with zero attached hydrogens (tertiary/aromatic N) is 1. The zero-order valence-corrected chi connectivity index (χ0v) is 14.5. The summed E-state index contributed by atoms with van der Waals surface area (Å²) in [4.78, 5) is 23.9. The molecule has 0 saturated heterocycles. The normalized spacial score (nSPS) is 11.1. The highest BCUT2D eigenvalue weighted by Crippen LogP contribution is 2.20. The number of carbonyl (C=O) groups excluding carboxylic acids is 2. The Morgan fingerprint density at radius 3 is 2.54 bits per heavy atom. The van der Waals surface area contributed by atoms with Crippen LogP contribution in [0, 0.1) is 12.7 Å². The van der Waals surface area contributed by atoms with Crippen molar-refractivity contribution in [2.24, 2.45) is 5.10 Å².